The maximum Gasteiger partial charge on any atom is 0.378 e. The molecule has 0 N–H and O–H groups in total. The monoisotopic (exact) mass is 140 g/mol. The largest absolute Gasteiger partial charge is 0.543 e. The molecule has 56 valence electrons. The lowest BCUT2D eigenvalue weighted by Gasteiger charge is -1.97. The highest BCUT2D eigenvalue weighted by atomic mass is 16.5. The lowest BCUT2D eigenvalue weighted by atomic mass is 10.1. The van der Waals surface area contributed by atoms with Crippen LogP contribution in [0.15, 0.2) is 0 Å². The first-order chi connectivity index (χ1) is 4.81. The molecule has 0 saturated heterocycles. The van der Waals surface area contributed by atoms with E-state index in [0.717, 1.165) is 12.8 Å². The Morgan fingerprint density at radius 2 is 2.10 bits per heavy atom. The van der Waals surface area contributed by atoms with E-state index >= 15 is 0 Å². The van der Waals surface area contributed by atoms with Crippen LogP contribution >= 0.6 is 0 Å². The molecule has 0 aliphatic heterocycles. The van der Waals surface area contributed by atoms with Gasteiger partial charge in [0.1, 0.15) is 0 Å². The van der Waals surface area contributed by atoms with Crippen LogP contribution in [0.1, 0.15) is 39.0 Å². The molecular weight excluding hydrogens is 127 g/mol. The number of rotatable bonds is 5. The molecule has 0 bridgehead atoms. The summed E-state index contributed by atoms with van der Waals surface area (Å²) in [5, 5.41) is 0. The molecule has 0 aliphatic rings. The van der Waals surface area contributed by atoms with E-state index in [-0.39, 0.29) is 5.97 Å². The lowest BCUT2D eigenvalue weighted by molar-refractivity contribution is -0.134. The number of unbranched alkanes of at least 4 members (excludes halogenated alkanes) is 3. The van der Waals surface area contributed by atoms with E-state index in [0.29, 0.717) is 6.42 Å². The summed E-state index contributed by atoms with van der Waals surface area (Å²) in [5.41, 5.74) is 0. The topological polar surface area (TPSA) is 26.3 Å². The van der Waals surface area contributed by atoms with Crippen molar-refractivity contribution in [3.63, 3.8) is 0 Å². The summed E-state index contributed by atoms with van der Waals surface area (Å²) in [6, 6.07) is 0. The number of carbonyl (C=O) groups excluding carboxylic acids is 1. The molecule has 0 atom stereocenters. The number of carbonyl (C=O) groups is 1. The molecule has 0 aliphatic carbocycles. The Bertz CT molecular complexity index is 93.6. The van der Waals surface area contributed by atoms with Crippen LogP contribution in [0.2, 0.25) is 0 Å². The van der Waals surface area contributed by atoms with E-state index < -0.39 is 0 Å². The van der Waals surface area contributed by atoms with Crippen molar-refractivity contribution in [1.82, 2.24) is 0 Å². The van der Waals surface area contributed by atoms with Gasteiger partial charge in [-0.1, -0.05) is 26.2 Å². The average Bonchev–Trinajstić information content (AvgIpc) is 1.98. The SMILES string of the molecule is [B]OC(=O)CCCCCC. The summed E-state index contributed by atoms with van der Waals surface area (Å²) in [6.45, 7) is 2.13. The van der Waals surface area contributed by atoms with Gasteiger partial charge in [-0.25, -0.2) is 0 Å². The fourth-order valence-electron chi connectivity index (χ4n) is 0.755. The lowest BCUT2D eigenvalue weighted by Crippen LogP contribution is -2.00. The van der Waals surface area contributed by atoms with Crippen LogP contribution in [0, 0.1) is 0 Å². The van der Waals surface area contributed by atoms with Gasteiger partial charge in [-0.2, -0.15) is 0 Å². The molecule has 0 aromatic carbocycles. The maximum atomic E-state index is 10.4. The van der Waals surface area contributed by atoms with Gasteiger partial charge in [0.25, 0.3) is 5.97 Å². The van der Waals surface area contributed by atoms with Gasteiger partial charge in [0, 0.05) is 6.42 Å². The zero-order valence-corrected chi connectivity index (χ0v) is 6.43. The Morgan fingerprint density at radius 1 is 1.40 bits per heavy atom. The predicted octanol–water partition coefficient (Wildman–Crippen LogP) is 1.58. The third-order valence-electron chi connectivity index (χ3n) is 1.37. The van der Waals surface area contributed by atoms with E-state index in [1.807, 2.05) is 0 Å². The molecule has 0 fully saturated rings. The third-order valence-corrected chi connectivity index (χ3v) is 1.37. The van der Waals surface area contributed by atoms with Gasteiger partial charge in [-0.05, 0) is 6.42 Å². The zero-order valence-electron chi connectivity index (χ0n) is 6.43. The Morgan fingerprint density at radius 3 is 2.60 bits per heavy atom. The van der Waals surface area contributed by atoms with Crippen molar-refractivity contribution in [3.8, 4) is 0 Å². The fourth-order valence-corrected chi connectivity index (χ4v) is 0.755. The molecule has 0 aromatic rings. The quantitative estimate of drug-likeness (QED) is 0.428. The van der Waals surface area contributed by atoms with Crippen LogP contribution < -0.4 is 0 Å². The van der Waals surface area contributed by atoms with E-state index in [1.54, 1.807) is 0 Å². The van der Waals surface area contributed by atoms with Crippen LogP contribution in [-0.2, 0) is 9.45 Å². The van der Waals surface area contributed by atoms with Crippen molar-refractivity contribution in [1.29, 1.82) is 0 Å². The summed E-state index contributed by atoms with van der Waals surface area (Å²) in [6.07, 6.45) is 4.79. The minimum absolute atomic E-state index is 0.309. The van der Waals surface area contributed by atoms with Gasteiger partial charge in [-0.15, -0.1) is 0 Å². The van der Waals surface area contributed by atoms with Gasteiger partial charge in [-0.3, -0.25) is 4.79 Å². The summed E-state index contributed by atoms with van der Waals surface area (Å²) < 4.78 is 3.99. The van der Waals surface area contributed by atoms with Crippen molar-refractivity contribution in [2.75, 3.05) is 0 Å². The molecule has 0 spiro atoms. The fraction of sp³-hybridized carbons (Fsp3) is 0.857. The second-order valence-corrected chi connectivity index (χ2v) is 2.30. The summed E-state index contributed by atoms with van der Waals surface area (Å²) in [5.74, 6) is -0.309. The number of hydrogen-bond donors (Lipinski definition) is 0. The van der Waals surface area contributed by atoms with Crippen molar-refractivity contribution in [2.45, 2.75) is 39.0 Å². The summed E-state index contributed by atoms with van der Waals surface area (Å²) >= 11 is 0. The Balaban J connectivity index is 2.96. The first-order valence-corrected chi connectivity index (χ1v) is 3.70. The van der Waals surface area contributed by atoms with Crippen LogP contribution in [0.3, 0.4) is 0 Å². The zero-order chi connectivity index (χ0) is 7.82. The van der Waals surface area contributed by atoms with Gasteiger partial charge in [0.15, 0.2) is 0 Å². The molecule has 2 nitrogen and oxygen atoms in total. The Hall–Kier alpha value is -0.465. The molecule has 2 radical (unpaired) electrons. The first kappa shape index (κ1) is 9.53. The third kappa shape index (κ3) is 5.67. The Labute approximate surface area is 63.4 Å². The van der Waals surface area contributed by atoms with Crippen molar-refractivity contribution >= 4 is 14.0 Å². The molecule has 0 saturated carbocycles. The molecule has 0 unspecified atom stereocenters. The van der Waals surface area contributed by atoms with E-state index in [2.05, 4.69) is 19.6 Å². The van der Waals surface area contributed by atoms with Crippen LogP contribution in [-0.4, -0.2) is 14.0 Å². The molecule has 0 rings (SSSR count). The summed E-state index contributed by atoms with van der Waals surface area (Å²) in [4.78, 5) is 10.4. The van der Waals surface area contributed by atoms with Gasteiger partial charge in [0.05, 0.1) is 0 Å². The van der Waals surface area contributed by atoms with E-state index in [1.165, 1.54) is 12.8 Å². The average molecular weight is 140 g/mol. The van der Waals surface area contributed by atoms with Crippen LogP contribution in [0.4, 0.5) is 0 Å². The van der Waals surface area contributed by atoms with Crippen molar-refractivity contribution < 1.29 is 9.45 Å². The van der Waals surface area contributed by atoms with Crippen LogP contribution in [0.5, 0.6) is 0 Å². The predicted molar refractivity (Wildman–Crippen MR) is 40.6 cm³/mol. The highest BCUT2D eigenvalue weighted by Crippen LogP contribution is 2.02. The molecular formula is C7H13BO2. The summed E-state index contributed by atoms with van der Waals surface area (Å²) in [7, 11) is 4.64. The molecule has 0 aromatic heterocycles. The minimum Gasteiger partial charge on any atom is -0.543 e. The minimum atomic E-state index is -0.309. The van der Waals surface area contributed by atoms with Crippen LogP contribution in [0.25, 0.3) is 0 Å². The van der Waals surface area contributed by atoms with Gasteiger partial charge < -0.3 is 4.65 Å². The molecule has 0 amide bonds. The van der Waals surface area contributed by atoms with Crippen molar-refractivity contribution in [2.24, 2.45) is 0 Å². The highest BCUT2D eigenvalue weighted by Gasteiger charge is 1.96. The smallest absolute Gasteiger partial charge is 0.378 e. The van der Waals surface area contributed by atoms with E-state index in [4.69, 9.17) is 0 Å². The second-order valence-electron chi connectivity index (χ2n) is 2.30. The first-order valence-electron chi connectivity index (χ1n) is 3.70. The van der Waals surface area contributed by atoms with Gasteiger partial charge in [0.2, 0.25) is 0 Å². The molecule has 10 heavy (non-hydrogen) atoms. The Kier molecular flexibility index (Phi) is 6.34. The standard InChI is InChI=1S/C7H13BO2/c1-2-3-4-5-6-7(9)10-8/h2-6H2,1H3. The van der Waals surface area contributed by atoms with Gasteiger partial charge >= 0.3 is 8.05 Å². The highest BCUT2D eigenvalue weighted by molar-refractivity contribution is 6.05. The second kappa shape index (κ2) is 6.65. The molecule has 3 heteroatoms. The number of hydrogen-bond acceptors (Lipinski definition) is 2. The molecule has 0 heterocycles. The van der Waals surface area contributed by atoms with E-state index in [9.17, 15) is 4.79 Å². The maximum absolute atomic E-state index is 10.4. The van der Waals surface area contributed by atoms with Crippen molar-refractivity contribution in [3.05, 3.63) is 0 Å². The normalized spacial score (nSPS) is 9.30.